The molecule has 0 bridgehead atoms. The fraction of sp³-hybridized carbons (Fsp3) is 0.421. The highest BCUT2D eigenvalue weighted by Crippen LogP contribution is 2.32. The minimum absolute atomic E-state index is 0. The third-order valence-corrected chi connectivity index (χ3v) is 4.88. The van der Waals surface area contributed by atoms with E-state index in [-0.39, 0.29) is 24.0 Å². The Kier molecular flexibility index (Phi) is 8.50. The van der Waals surface area contributed by atoms with Gasteiger partial charge >= 0.3 is 0 Å². The molecule has 0 aliphatic carbocycles. The summed E-state index contributed by atoms with van der Waals surface area (Å²) in [5.74, 6) is 2.87. The van der Waals surface area contributed by atoms with Crippen LogP contribution in [0.2, 0.25) is 0 Å². The van der Waals surface area contributed by atoms with Gasteiger partial charge in [0.25, 0.3) is 0 Å². The summed E-state index contributed by atoms with van der Waals surface area (Å²) in [6.07, 6.45) is 1.98. The van der Waals surface area contributed by atoms with Crippen LogP contribution in [0.5, 0.6) is 11.5 Å². The lowest BCUT2D eigenvalue weighted by atomic mass is 10.1. The molecule has 142 valence electrons. The Morgan fingerprint density at radius 2 is 2.04 bits per heavy atom. The molecule has 0 radical (unpaired) electrons. The highest BCUT2D eigenvalue weighted by molar-refractivity contribution is 14.0. The highest BCUT2D eigenvalue weighted by atomic mass is 127. The number of thiophene rings is 1. The van der Waals surface area contributed by atoms with Gasteiger partial charge in [-0.25, -0.2) is 0 Å². The van der Waals surface area contributed by atoms with Crippen LogP contribution in [0, 0.1) is 5.92 Å². The van der Waals surface area contributed by atoms with Gasteiger partial charge < -0.3 is 20.1 Å². The smallest absolute Gasteiger partial charge is 0.195 e. The van der Waals surface area contributed by atoms with Crippen LogP contribution in [0.4, 0.5) is 5.69 Å². The maximum absolute atomic E-state index is 5.74. The zero-order chi connectivity index (χ0) is 17.5. The van der Waals surface area contributed by atoms with Gasteiger partial charge in [0.15, 0.2) is 17.5 Å². The van der Waals surface area contributed by atoms with Crippen molar-refractivity contribution < 1.29 is 9.47 Å². The van der Waals surface area contributed by atoms with Crippen LogP contribution in [-0.4, -0.2) is 32.8 Å². The van der Waals surface area contributed by atoms with Crippen molar-refractivity contribution in [3.63, 3.8) is 0 Å². The monoisotopic (exact) mass is 487 g/mol. The highest BCUT2D eigenvalue weighted by Gasteiger charge is 2.12. The molecule has 0 fully saturated rings. The van der Waals surface area contributed by atoms with Gasteiger partial charge in [0.05, 0.1) is 13.2 Å². The first-order chi connectivity index (χ1) is 12.2. The lowest BCUT2D eigenvalue weighted by Gasteiger charge is -2.16. The Morgan fingerprint density at radius 1 is 1.23 bits per heavy atom. The number of rotatable bonds is 5. The maximum atomic E-state index is 5.74. The molecule has 0 saturated heterocycles. The molecule has 0 spiro atoms. The predicted molar refractivity (Wildman–Crippen MR) is 120 cm³/mol. The van der Waals surface area contributed by atoms with Gasteiger partial charge in [0.2, 0.25) is 0 Å². The molecule has 5 nitrogen and oxygen atoms in total. The van der Waals surface area contributed by atoms with Crippen LogP contribution in [0.3, 0.4) is 0 Å². The average molecular weight is 487 g/mol. The van der Waals surface area contributed by atoms with Crippen molar-refractivity contribution in [2.45, 2.75) is 19.8 Å². The molecule has 2 aromatic rings. The third kappa shape index (κ3) is 6.05. The largest absolute Gasteiger partial charge is 0.490 e. The minimum atomic E-state index is 0. The zero-order valence-electron chi connectivity index (χ0n) is 15.2. The molecule has 7 heteroatoms. The summed E-state index contributed by atoms with van der Waals surface area (Å²) in [6.45, 7) is 4.49. The standard InChI is InChI=1S/C19H25N3O2S.HI/c1-14(11-16-5-3-10-25-16)13-21-19(20-2)22-15-6-7-17-18(12-15)24-9-4-8-23-17;/h3,5-7,10,12,14H,4,8-9,11,13H2,1-2H3,(H2,20,21,22);1H. The molecule has 0 saturated carbocycles. The lowest BCUT2D eigenvalue weighted by Crippen LogP contribution is -2.34. The zero-order valence-corrected chi connectivity index (χ0v) is 18.3. The summed E-state index contributed by atoms with van der Waals surface area (Å²) in [5, 5.41) is 8.84. The van der Waals surface area contributed by atoms with Gasteiger partial charge in [-0.05, 0) is 35.9 Å². The summed E-state index contributed by atoms with van der Waals surface area (Å²) in [7, 11) is 1.78. The topological polar surface area (TPSA) is 54.9 Å². The van der Waals surface area contributed by atoms with E-state index >= 15 is 0 Å². The second-order valence-corrected chi connectivity index (χ2v) is 7.21. The number of anilines is 1. The van der Waals surface area contributed by atoms with Crippen LogP contribution >= 0.6 is 35.3 Å². The molecule has 2 heterocycles. The van der Waals surface area contributed by atoms with E-state index in [1.54, 1.807) is 7.05 Å². The van der Waals surface area contributed by atoms with Crippen molar-refractivity contribution in [3.8, 4) is 11.5 Å². The van der Waals surface area contributed by atoms with E-state index in [1.165, 1.54) is 4.88 Å². The Bertz CT molecular complexity index is 707. The van der Waals surface area contributed by atoms with E-state index in [9.17, 15) is 0 Å². The fourth-order valence-corrected chi connectivity index (χ4v) is 3.54. The van der Waals surface area contributed by atoms with Crippen molar-refractivity contribution in [1.82, 2.24) is 5.32 Å². The number of hydrogen-bond acceptors (Lipinski definition) is 4. The number of fused-ring (bicyclic) bond motifs is 1. The van der Waals surface area contributed by atoms with E-state index in [0.717, 1.165) is 42.5 Å². The number of ether oxygens (including phenoxy) is 2. The average Bonchev–Trinajstić information content (AvgIpc) is 3.01. The molecule has 3 rings (SSSR count). The Morgan fingerprint density at radius 3 is 2.77 bits per heavy atom. The van der Waals surface area contributed by atoms with Crippen LogP contribution < -0.4 is 20.1 Å². The van der Waals surface area contributed by atoms with Gasteiger partial charge in [-0.2, -0.15) is 0 Å². The van der Waals surface area contributed by atoms with Crippen molar-refractivity contribution in [2.24, 2.45) is 10.9 Å². The van der Waals surface area contributed by atoms with Crippen molar-refractivity contribution in [2.75, 3.05) is 32.1 Å². The Hall–Kier alpha value is -1.48. The van der Waals surface area contributed by atoms with Crippen LogP contribution in [0.25, 0.3) is 0 Å². The number of guanidine groups is 1. The minimum Gasteiger partial charge on any atom is -0.490 e. The fourth-order valence-electron chi connectivity index (χ4n) is 2.67. The molecule has 0 amide bonds. The van der Waals surface area contributed by atoms with Crippen LogP contribution in [0.15, 0.2) is 40.7 Å². The Labute approximate surface area is 176 Å². The molecular formula is C19H26IN3O2S. The van der Waals surface area contributed by atoms with Gasteiger partial charge in [0.1, 0.15) is 0 Å². The van der Waals surface area contributed by atoms with Crippen LogP contribution in [0.1, 0.15) is 18.2 Å². The number of aliphatic imine (C=N–C) groups is 1. The summed E-state index contributed by atoms with van der Waals surface area (Å²) in [4.78, 5) is 5.72. The molecular weight excluding hydrogens is 461 g/mol. The van der Waals surface area contributed by atoms with E-state index in [2.05, 4.69) is 40.1 Å². The van der Waals surface area contributed by atoms with Crippen molar-refractivity contribution in [1.29, 1.82) is 0 Å². The Balaban J connectivity index is 0.00000243. The van der Waals surface area contributed by atoms with Gasteiger partial charge in [-0.15, -0.1) is 35.3 Å². The van der Waals surface area contributed by atoms with Gasteiger partial charge in [-0.1, -0.05) is 13.0 Å². The molecule has 1 aliphatic heterocycles. The van der Waals surface area contributed by atoms with Gasteiger partial charge in [0, 0.05) is 36.6 Å². The first-order valence-electron chi connectivity index (χ1n) is 8.64. The quantitative estimate of drug-likeness (QED) is 0.373. The summed E-state index contributed by atoms with van der Waals surface area (Å²) < 4.78 is 11.4. The molecule has 1 atom stereocenters. The second kappa shape index (κ2) is 10.6. The third-order valence-electron chi connectivity index (χ3n) is 3.98. The SMILES string of the molecule is CN=C(NCC(C)Cc1cccs1)Nc1ccc2c(c1)OCCCO2.I. The number of halogens is 1. The molecule has 26 heavy (non-hydrogen) atoms. The van der Waals surface area contributed by atoms with E-state index in [1.807, 2.05) is 29.5 Å². The first kappa shape index (κ1) is 20.8. The van der Waals surface area contributed by atoms with Gasteiger partial charge in [-0.3, -0.25) is 4.99 Å². The van der Waals surface area contributed by atoms with E-state index < -0.39 is 0 Å². The summed E-state index contributed by atoms with van der Waals surface area (Å²) >= 11 is 1.81. The molecule has 2 N–H and O–H groups in total. The molecule has 1 aliphatic rings. The normalized spacial score (nSPS) is 14.8. The maximum Gasteiger partial charge on any atom is 0.195 e. The molecule has 1 unspecified atom stereocenters. The number of hydrogen-bond donors (Lipinski definition) is 2. The number of nitrogens with zero attached hydrogens (tertiary/aromatic N) is 1. The molecule has 1 aromatic heterocycles. The van der Waals surface area contributed by atoms with Crippen molar-refractivity contribution in [3.05, 3.63) is 40.6 Å². The number of benzene rings is 1. The summed E-state index contributed by atoms with van der Waals surface area (Å²) in [5.41, 5.74) is 0.934. The lowest BCUT2D eigenvalue weighted by molar-refractivity contribution is 0.297. The predicted octanol–water partition coefficient (Wildman–Crippen LogP) is 4.39. The molecule has 1 aromatic carbocycles. The van der Waals surface area contributed by atoms with Crippen molar-refractivity contribution >= 4 is 47.0 Å². The van der Waals surface area contributed by atoms with E-state index in [0.29, 0.717) is 19.1 Å². The first-order valence-corrected chi connectivity index (χ1v) is 9.52. The van der Waals surface area contributed by atoms with Crippen LogP contribution in [-0.2, 0) is 6.42 Å². The second-order valence-electron chi connectivity index (χ2n) is 6.18. The number of nitrogens with one attached hydrogen (secondary N) is 2. The van der Waals surface area contributed by atoms with E-state index in [4.69, 9.17) is 9.47 Å². The summed E-state index contributed by atoms with van der Waals surface area (Å²) in [6, 6.07) is 10.2.